The summed E-state index contributed by atoms with van der Waals surface area (Å²) in [5.41, 5.74) is -1.28. The van der Waals surface area contributed by atoms with Crippen LogP contribution in [0.2, 0.25) is 5.02 Å². The van der Waals surface area contributed by atoms with Crippen LogP contribution in [0.4, 0.5) is 19.4 Å². The third-order valence-electron chi connectivity index (χ3n) is 12.0. The van der Waals surface area contributed by atoms with Crippen LogP contribution in [0.1, 0.15) is 66.2 Å². The molecule has 2 aromatic carbocycles. The second kappa shape index (κ2) is 14.9. The van der Waals surface area contributed by atoms with Crippen LogP contribution in [0.3, 0.4) is 0 Å². The highest BCUT2D eigenvalue weighted by Gasteiger charge is 2.49. The van der Waals surface area contributed by atoms with E-state index in [4.69, 9.17) is 26.1 Å². The Morgan fingerprint density at radius 1 is 1.07 bits per heavy atom. The summed E-state index contributed by atoms with van der Waals surface area (Å²) in [4.78, 5) is 48.0. The van der Waals surface area contributed by atoms with Gasteiger partial charge in [0.2, 0.25) is 0 Å². The van der Waals surface area contributed by atoms with Gasteiger partial charge in [-0.2, -0.15) is 9.97 Å². The van der Waals surface area contributed by atoms with Gasteiger partial charge >= 0.3 is 12.1 Å². The Hall–Kier alpha value is -4.80. The molecule has 4 atom stereocenters. The molecule has 11 nitrogen and oxygen atoms in total. The number of hydrogen-bond acceptors (Lipinski definition) is 9. The lowest BCUT2D eigenvalue weighted by Crippen LogP contribution is -2.46. The molecule has 4 aliphatic rings. The van der Waals surface area contributed by atoms with Gasteiger partial charge in [0, 0.05) is 67.9 Å². The van der Waals surface area contributed by atoms with Crippen molar-refractivity contribution >= 4 is 51.1 Å². The van der Waals surface area contributed by atoms with Gasteiger partial charge in [0.25, 0.3) is 5.91 Å². The second-order valence-electron chi connectivity index (χ2n) is 17.1. The van der Waals surface area contributed by atoms with Crippen molar-refractivity contribution in [2.24, 2.45) is 0 Å². The molecule has 0 aliphatic carbocycles. The van der Waals surface area contributed by atoms with Crippen molar-refractivity contribution in [3.8, 4) is 29.1 Å². The number of likely N-dealkylation sites (N-methyl/N-ethyl adjacent to an activating group) is 1. The average molecular weight is 800 g/mol. The van der Waals surface area contributed by atoms with E-state index in [1.165, 1.54) is 0 Å². The molecule has 0 radical (unpaired) electrons. The molecule has 0 bridgehead atoms. The van der Waals surface area contributed by atoms with E-state index in [0.717, 1.165) is 31.2 Å². The Morgan fingerprint density at radius 3 is 2.63 bits per heavy atom. The first-order chi connectivity index (χ1) is 27.1. The number of carbonyl (C=O) groups excluding carboxylic acids is 2. The summed E-state index contributed by atoms with van der Waals surface area (Å²) in [6.07, 6.45) is 4.30. The van der Waals surface area contributed by atoms with Crippen LogP contribution in [0.25, 0.3) is 32.9 Å². The number of hydrogen-bond donors (Lipinski definition) is 0. The van der Waals surface area contributed by atoms with E-state index in [2.05, 4.69) is 26.7 Å². The molecule has 300 valence electrons. The van der Waals surface area contributed by atoms with E-state index in [1.54, 1.807) is 28.1 Å². The largest absolute Gasteiger partial charge is 0.461 e. The molecule has 2 amide bonds. The molecule has 4 aliphatic heterocycles. The number of nitrogens with zero attached hydrogens (tertiary/aromatic N) is 7. The zero-order chi connectivity index (χ0) is 40.3. The number of anilines is 1. The van der Waals surface area contributed by atoms with E-state index in [9.17, 15) is 14.0 Å². The smallest absolute Gasteiger partial charge is 0.411 e. The summed E-state index contributed by atoms with van der Waals surface area (Å²) in [6, 6.07) is 10.8. The molecular weight excluding hydrogens is 752 g/mol. The van der Waals surface area contributed by atoms with Crippen molar-refractivity contribution in [2.75, 3.05) is 51.3 Å². The van der Waals surface area contributed by atoms with E-state index in [-0.39, 0.29) is 35.8 Å². The number of alkyl halides is 1. The molecule has 2 aromatic heterocycles. The fraction of sp³-hybridized carbons (Fsp3) is 0.512. The first kappa shape index (κ1) is 39.0. The van der Waals surface area contributed by atoms with Gasteiger partial charge in [-0.25, -0.2) is 13.6 Å². The minimum absolute atomic E-state index is 0.0176. The summed E-state index contributed by atoms with van der Waals surface area (Å²) in [7, 11) is 1.85. The SMILES string of the molecule is CN(c1nc(OC[C@@]23CCCN2C[C@H](F)C3)nc2c(F)c(-c3cccc4cccc(Cl)c34)ncc12)[C@@H]1CCN(C(=O)C#C[C@@]2(C)CCCN2C(=O)OC(C)(C)C)C1. The number of benzene rings is 2. The zero-order valence-electron chi connectivity index (χ0n) is 33.1. The van der Waals surface area contributed by atoms with Gasteiger partial charge in [0.1, 0.15) is 40.9 Å². The number of fused-ring (bicyclic) bond motifs is 3. The highest BCUT2D eigenvalue weighted by Crippen LogP contribution is 2.42. The molecule has 6 heterocycles. The number of rotatable bonds is 6. The van der Waals surface area contributed by atoms with Crippen molar-refractivity contribution < 1.29 is 27.8 Å². The maximum Gasteiger partial charge on any atom is 0.411 e. The van der Waals surface area contributed by atoms with Crippen LogP contribution in [0, 0.1) is 17.7 Å². The molecule has 4 aromatic rings. The van der Waals surface area contributed by atoms with E-state index >= 15 is 4.39 Å². The third kappa shape index (κ3) is 7.42. The van der Waals surface area contributed by atoms with Gasteiger partial charge in [-0.15, -0.1) is 0 Å². The lowest BCUT2D eigenvalue weighted by Gasteiger charge is -2.32. The number of amides is 2. The fourth-order valence-corrected chi connectivity index (χ4v) is 9.35. The Kier molecular flexibility index (Phi) is 10.2. The maximum atomic E-state index is 17.0. The minimum atomic E-state index is -0.936. The Labute approximate surface area is 336 Å². The Bertz CT molecular complexity index is 2310. The molecule has 0 spiro atoms. The van der Waals surface area contributed by atoms with Gasteiger partial charge in [-0.3, -0.25) is 19.6 Å². The average Bonchev–Trinajstić information content (AvgIpc) is 3.96. The predicted octanol–water partition coefficient (Wildman–Crippen LogP) is 7.42. The van der Waals surface area contributed by atoms with Crippen LogP contribution >= 0.6 is 11.6 Å². The van der Waals surface area contributed by atoms with Crippen molar-refractivity contribution in [2.45, 2.75) is 95.1 Å². The Balaban J connectivity index is 1.09. The quantitative estimate of drug-likeness (QED) is 0.184. The first-order valence-electron chi connectivity index (χ1n) is 19.8. The highest BCUT2D eigenvalue weighted by molar-refractivity contribution is 6.36. The molecule has 14 heteroatoms. The molecule has 57 heavy (non-hydrogen) atoms. The van der Waals surface area contributed by atoms with Gasteiger partial charge in [0.15, 0.2) is 5.82 Å². The van der Waals surface area contributed by atoms with Crippen molar-refractivity contribution in [3.05, 3.63) is 53.4 Å². The zero-order valence-corrected chi connectivity index (χ0v) is 33.8. The minimum Gasteiger partial charge on any atom is -0.461 e. The number of aromatic nitrogens is 3. The summed E-state index contributed by atoms with van der Waals surface area (Å²) in [5, 5.41) is 2.38. The number of pyridine rings is 1. The number of carbonyl (C=O) groups is 2. The lowest BCUT2D eigenvalue weighted by atomic mass is 9.95. The summed E-state index contributed by atoms with van der Waals surface area (Å²) < 4.78 is 43.5. The molecule has 8 rings (SSSR count). The molecular formula is C43H48ClF2N7O4. The molecule has 4 saturated heterocycles. The fourth-order valence-electron chi connectivity index (χ4n) is 9.07. The number of halogens is 3. The molecule has 4 fully saturated rings. The van der Waals surface area contributed by atoms with Gasteiger partial charge in [-0.05, 0) is 83.7 Å². The summed E-state index contributed by atoms with van der Waals surface area (Å²) >= 11 is 6.65. The number of ether oxygens (including phenoxy) is 2. The number of likely N-dealkylation sites (tertiary alicyclic amines) is 2. The van der Waals surface area contributed by atoms with Crippen LogP contribution < -0.4 is 9.64 Å². The lowest BCUT2D eigenvalue weighted by molar-refractivity contribution is -0.124. The Morgan fingerprint density at radius 2 is 1.84 bits per heavy atom. The first-order valence-corrected chi connectivity index (χ1v) is 20.1. The van der Waals surface area contributed by atoms with Crippen LogP contribution in [0.15, 0.2) is 42.6 Å². The van der Waals surface area contributed by atoms with Gasteiger partial charge in [-0.1, -0.05) is 47.9 Å². The van der Waals surface area contributed by atoms with Crippen molar-refractivity contribution in [1.82, 2.24) is 29.7 Å². The maximum absolute atomic E-state index is 17.0. The summed E-state index contributed by atoms with van der Waals surface area (Å²) in [5.74, 6) is 5.34. The van der Waals surface area contributed by atoms with Crippen LogP contribution in [-0.4, -0.2) is 117 Å². The molecule has 0 unspecified atom stereocenters. The normalized spacial score (nSPS) is 24.8. The van der Waals surface area contributed by atoms with Crippen LogP contribution in [0.5, 0.6) is 6.01 Å². The topological polar surface area (TPSA) is 104 Å². The third-order valence-corrected chi connectivity index (χ3v) is 12.3. The van der Waals surface area contributed by atoms with Gasteiger partial charge < -0.3 is 19.3 Å². The van der Waals surface area contributed by atoms with E-state index in [0.29, 0.717) is 72.6 Å². The van der Waals surface area contributed by atoms with Gasteiger partial charge in [0.05, 0.1) is 10.9 Å². The monoisotopic (exact) mass is 799 g/mol. The summed E-state index contributed by atoms with van der Waals surface area (Å²) in [6.45, 7) is 9.97. The van der Waals surface area contributed by atoms with Crippen molar-refractivity contribution in [3.63, 3.8) is 0 Å². The van der Waals surface area contributed by atoms with Crippen LogP contribution in [-0.2, 0) is 9.53 Å². The standard InChI is InChI=1S/C43H48ClF2N7O4/c1-41(2,3)57-40(55)53-20-8-16-42(53,4)18-14-33(54)51-21-15-29(25-51)50(5)38-31-23-47-36(30-12-6-10-27-11-7-13-32(44)34(27)30)35(46)37(31)48-39(49-38)56-26-43-17-9-19-52(43)24-28(45)22-43/h6-7,10-13,23,28-29H,8-9,15-17,19-22,24-26H2,1-5H3/t28-,29-,42-,43+/m1/s1. The predicted molar refractivity (Wildman–Crippen MR) is 216 cm³/mol. The van der Waals surface area contributed by atoms with E-state index in [1.807, 2.05) is 63.9 Å². The van der Waals surface area contributed by atoms with E-state index < -0.39 is 34.8 Å². The highest BCUT2D eigenvalue weighted by atomic mass is 35.5. The second-order valence-corrected chi connectivity index (χ2v) is 17.5. The van der Waals surface area contributed by atoms with Crippen molar-refractivity contribution in [1.29, 1.82) is 0 Å². The molecule has 0 saturated carbocycles. The molecule has 0 N–H and O–H groups in total.